The van der Waals surface area contributed by atoms with Gasteiger partial charge in [-0.05, 0) is 48.7 Å². The number of nitrogens with zero attached hydrogens (tertiary/aromatic N) is 1. The van der Waals surface area contributed by atoms with Crippen molar-refractivity contribution in [1.82, 2.24) is 4.57 Å². The first-order chi connectivity index (χ1) is 13.5. The molecular weight excluding hydrogens is 358 g/mol. The molecule has 0 fully saturated rings. The lowest BCUT2D eigenvalue weighted by molar-refractivity contribution is -0.136. The van der Waals surface area contributed by atoms with Gasteiger partial charge < -0.3 is 19.1 Å². The summed E-state index contributed by atoms with van der Waals surface area (Å²) >= 11 is 0. The number of carboxylic acids is 1. The molecule has 1 heterocycles. The van der Waals surface area contributed by atoms with Crippen LogP contribution in [0.25, 0.3) is 10.9 Å². The molecule has 0 aliphatic heterocycles. The lowest BCUT2D eigenvalue weighted by atomic mass is 10.1. The first kappa shape index (κ1) is 19.5. The molecule has 0 bridgehead atoms. The summed E-state index contributed by atoms with van der Waals surface area (Å²) in [6.45, 7) is 2.76. The van der Waals surface area contributed by atoms with Gasteiger partial charge in [0.2, 0.25) is 5.88 Å². The predicted molar refractivity (Wildman–Crippen MR) is 106 cm³/mol. The summed E-state index contributed by atoms with van der Waals surface area (Å²) in [6.07, 6.45) is 1.43. The van der Waals surface area contributed by atoms with Gasteiger partial charge in [0.15, 0.2) is 0 Å². The van der Waals surface area contributed by atoms with Gasteiger partial charge in [0.25, 0.3) is 0 Å². The van der Waals surface area contributed by atoms with Crippen molar-refractivity contribution >= 4 is 22.8 Å². The summed E-state index contributed by atoms with van der Waals surface area (Å²) in [5, 5.41) is 9.80. The molecule has 0 aliphatic rings. The molecule has 146 valence electrons. The summed E-state index contributed by atoms with van der Waals surface area (Å²) < 4.78 is 12.8. The molecule has 6 heteroatoms. The number of esters is 1. The van der Waals surface area contributed by atoms with Crippen LogP contribution in [0.3, 0.4) is 0 Å². The van der Waals surface area contributed by atoms with E-state index in [-0.39, 0.29) is 6.42 Å². The number of hydrogen-bond acceptors (Lipinski definition) is 4. The largest absolute Gasteiger partial charge is 0.497 e. The topological polar surface area (TPSA) is 77.8 Å². The van der Waals surface area contributed by atoms with E-state index in [1.807, 2.05) is 28.8 Å². The van der Waals surface area contributed by atoms with Crippen molar-refractivity contribution < 1.29 is 24.2 Å². The number of fused-ring (bicyclic) bond motifs is 1. The Balaban J connectivity index is 1.91. The van der Waals surface area contributed by atoms with Crippen LogP contribution in [0.5, 0.6) is 11.6 Å². The summed E-state index contributed by atoms with van der Waals surface area (Å²) in [5.41, 5.74) is 2.30. The van der Waals surface area contributed by atoms with Crippen LogP contribution in [0.2, 0.25) is 0 Å². The number of carbonyl (C=O) groups is 2. The highest BCUT2D eigenvalue weighted by Gasteiger charge is 2.16. The summed E-state index contributed by atoms with van der Waals surface area (Å²) in [4.78, 5) is 23.4. The van der Waals surface area contributed by atoms with E-state index in [4.69, 9.17) is 14.6 Å². The van der Waals surface area contributed by atoms with Crippen LogP contribution >= 0.6 is 0 Å². The fourth-order valence-corrected chi connectivity index (χ4v) is 3.14. The third-order valence-corrected chi connectivity index (χ3v) is 4.51. The van der Waals surface area contributed by atoms with E-state index in [9.17, 15) is 9.59 Å². The van der Waals surface area contributed by atoms with Crippen LogP contribution in [0.4, 0.5) is 0 Å². The Morgan fingerprint density at radius 2 is 1.93 bits per heavy atom. The Morgan fingerprint density at radius 1 is 1.11 bits per heavy atom. The fraction of sp³-hybridized carbons (Fsp3) is 0.273. The van der Waals surface area contributed by atoms with Gasteiger partial charge in [0, 0.05) is 24.4 Å². The molecule has 0 amide bonds. The van der Waals surface area contributed by atoms with Crippen LogP contribution in [0, 0.1) is 0 Å². The second-order valence-electron chi connectivity index (χ2n) is 6.54. The van der Waals surface area contributed by atoms with Crippen LogP contribution < -0.4 is 9.47 Å². The Labute approximate surface area is 163 Å². The zero-order chi connectivity index (χ0) is 20.1. The number of aryl methyl sites for hydroxylation is 2. The zero-order valence-corrected chi connectivity index (χ0v) is 16.0. The molecule has 0 saturated heterocycles. The second kappa shape index (κ2) is 8.61. The van der Waals surface area contributed by atoms with Crippen molar-refractivity contribution in [3.63, 3.8) is 0 Å². The first-order valence-corrected chi connectivity index (χ1v) is 9.22. The summed E-state index contributed by atoms with van der Waals surface area (Å²) in [7, 11) is 1.55. The third kappa shape index (κ3) is 4.34. The molecule has 1 aromatic heterocycles. The third-order valence-electron chi connectivity index (χ3n) is 4.51. The molecule has 0 aliphatic carbocycles. The van der Waals surface area contributed by atoms with E-state index in [0.717, 1.165) is 22.9 Å². The molecule has 0 radical (unpaired) electrons. The van der Waals surface area contributed by atoms with Crippen molar-refractivity contribution in [3.05, 3.63) is 59.7 Å². The minimum atomic E-state index is -0.823. The maximum absolute atomic E-state index is 12.6. The Hall–Kier alpha value is -3.28. The normalized spacial score (nSPS) is 10.8. The number of aromatic nitrogens is 1. The van der Waals surface area contributed by atoms with Gasteiger partial charge in [-0.25, -0.2) is 4.79 Å². The van der Waals surface area contributed by atoms with E-state index in [1.165, 1.54) is 0 Å². The molecule has 0 atom stereocenters. The molecule has 6 nitrogen and oxygen atoms in total. The Bertz CT molecular complexity index is 1010. The molecule has 28 heavy (non-hydrogen) atoms. The maximum Gasteiger partial charge on any atom is 0.344 e. The first-order valence-electron chi connectivity index (χ1n) is 9.22. The SMILES string of the molecule is CCCn1c(OC(=O)c2cccc(OC)c2)cc2cc(CCC(=O)O)ccc21. The van der Waals surface area contributed by atoms with Crippen LogP contribution in [-0.4, -0.2) is 28.7 Å². The van der Waals surface area contributed by atoms with Gasteiger partial charge in [0.1, 0.15) is 5.75 Å². The predicted octanol–water partition coefficient (Wildman–Crippen LogP) is 4.30. The molecular formula is C22H23NO5. The average molecular weight is 381 g/mol. The zero-order valence-electron chi connectivity index (χ0n) is 16.0. The lowest BCUT2D eigenvalue weighted by Gasteiger charge is -2.10. The minimum absolute atomic E-state index is 0.0822. The summed E-state index contributed by atoms with van der Waals surface area (Å²) in [5.74, 6) is -0.214. The lowest BCUT2D eigenvalue weighted by Crippen LogP contribution is -2.12. The average Bonchev–Trinajstić information content (AvgIpc) is 3.03. The number of benzene rings is 2. The monoisotopic (exact) mass is 381 g/mol. The second-order valence-corrected chi connectivity index (χ2v) is 6.54. The molecule has 3 rings (SSSR count). The van der Waals surface area contributed by atoms with Crippen molar-refractivity contribution in [2.75, 3.05) is 7.11 Å². The van der Waals surface area contributed by atoms with Crippen LogP contribution in [0.1, 0.15) is 35.7 Å². The molecule has 0 spiro atoms. The Kier molecular flexibility index (Phi) is 5.99. The number of aliphatic carboxylic acids is 1. The van der Waals surface area contributed by atoms with Gasteiger partial charge in [-0.3, -0.25) is 4.79 Å². The molecule has 3 aromatic rings. The standard InChI is InChI=1S/C22H23NO5/c1-3-11-23-19-9-7-15(8-10-21(24)25)12-17(19)14-20(23)28-22(26)16-5-4-6-18(13-16)27-2/h4-7,9,12-14H,3,8,10-11H2,1-2H3,(H,24,25). The van der Waals surface area contributed by atoms with Gasteiger partial charge in [-0.15, -0.1) is 0 Å². The number of rotatable bonds is 8. The fourth-order valence-electron chi connectivity index (χ4n) is 3.14. The smallest absolute Gasteiger partial charge is 0.344 e. The number of carbonyl (C=O) groups excluding carboxylic acids is 1. The molecule has 1 N–H and O–H groups in total. The van der Waals surface area contributed by atoms with Gasteiger partial charge in [-0.1, -0.05) is 19.1 Å². The number of ether oxygens (including phenoxy) is 2. The van der Waals surface area contributed by atoms with Gasteiger partial charge in [0.05, 0.1) is 18.2 Å². The van der Waals surface area contributed by atoms with E-state index in [2.05, 4.69) is 6.92 Å². The maximum atomic E-state index is 12.6. The van der Waals surface area contributed by atoms with Crippen LogP contribution in [0.15, 0.2) is 48.5 Å². The van der Waals surface area contributed by atoms with Crippen molar-refractivity contribution in [1.29, 1.82) is 0 Å². The number of hydrogen-bond donors (Lipinski definition) is 1. The highest BCUT2D eigenvalue weighted by molar-refractivity contribution is 5.92. The molecule has 2 aromatic carbocycles. The van der Waals surface area contributed by atoms with E-state index < -0.39 is 11.9 Å². The van der Waals surface area contributed by atoms with Gasteiger partial charge in [-0.2, -0.15) is 0 Å². The van der Waals surface area contributed by atoms with E-state index >= 15 is 0 Å². The highest BCUT2D eigenvalue weighted by atomic mass is 16.5. The van der Waals surface area contributed by atoms with Crippen molar-refractivity contribution in [2.24, 2.45) is 0 Å². The van der Waals surface area contributed by atoms with Crippen molar-refractivity contribution in [2.45, 2.75) is 32.7 Å². The van der Waals surface area contributed by atoms with Gasteiger partial charge >= 0.3 is 11.9 Å². The Morgan fingerprint density at radius 3 is 2.64 bits per heavy atom. The minimum Gasteiger partial charge on any atom is -0.497 e. The van der Waals surface area contributed by atoms with E-state index in [0.29, 0.717) is 30.2 Å². The van der Waals surface area contributed by atoms with E-state index in [1.54, 1.807) is 31.4 Å². The quantitative estimate of drug-likeness (QED) is 0.589. The summed E-state index contributed by atoms with van der Waals surface area (Å²) in [6, 6.07) is 14.5. The van der Waals surface area contributed by atoms with Crippen LogP contribution in [-0.2, 0) is 17.8 Å². The number of carboxylic acid groups (broad SMARTS) is 1. The molecule has 0 saturated carbocycles. The molecule has 0 unspecified atom stereocenters. The number of methoxy groups -OCH3 is 1. The highest BCUT2D eigenvalue weighted by Crippen LogP contribution is 2.28. The van der Waals surface area contributed by atoms with Crippen molar-refractivity contribution in [3.8, 4) is 11.6 Å².